The van der Waals surface area contributed by atoms with E-state index < -0.39 is 5.91 Å². The summed E-state index contributed by atoms with van der Waals surface area (Å²) in [7, 11) is 0. The van der Waals surface area contributed by atoms with Crippen LogP contribution in [0.15, 0.2) is 18.2 Å². The number of carbonyl (C=O) groups excluding carboxylic acids is 1. The van der Waals surface area contributed by atoms with E-state index in [1.54, 1.807) is 18.2 Å². The van der Waals surface area contributed by atoms with Crippen molar-refractivity contribution >= 4 is 17.3 Å². The number of benzene rings is 1. The summed E-state index contributed by atoms with van der Waals surface area (Å²) < 4.78 is 0. The molecule has 0 radical (unpaired) electrons. The second-order valence-electron chi connectivity index (χ2n) is 4.68. The highest BCUT2D eigenvalue weighted by Crippen LogP contribution is 2.45. The van der Waals surface area contributed by atoms with Crippen LogP contribution >= 0.6 is 0 Å². The first-order chi connectivity index (χ1) is 8.06. The van der Waals surface area contributed by atoms with Crippen molar-refractivity contribution in [2.45, 2.75) is 12.8 Å². The zero-order valence-electron chi connectivity index (χ0n) is 9.57. The molecule has 0 spiro atoms. The number of hydrogen-bond acceptors (Lipinski definition) is 4. The molecule has 1 aromatic rings. The highest BCUT2D eigenvalue weighted by atomic mass is 16.3. The second kappa shape index (κ2) is 4.25. The van der Waals surface area contributed by atoms with E-state index in [1.807, 2.05) is 0 Å². The fourth-order valence-electron chi connectivity index (χ4n) is 1.73. The van der Waals surface area contributed by atoms with Gasteiger partial charge in [-0.3, -0.25) is 4.79 Å². The van der Waals surface area contributed by atoms with Crippen LogP contribution in [0.2, 0.25) is 0 Å². The molecule has 2 rings (SSSR count). The van der Waals surface area contributed by atoms with Crippen LogP contribution in [0, 0.1) is 5.41 Å². The number of amides is 1. The first kappa shape index (κ1) is 11.7. The summed E-state index contributed by atoms with van der Waals surface area (Å²) in [5.74, 6) is -0.489. The van der Waals surface area contributed by atoms with Crippen LogP contribution in [-0.2, 0) is 0 Å². The molecule has 0 unspecified atom stereocenters. The summed E-state index contributed by atoms with van der Waals surface area (Å²) in [6, 6.07) is 4.94. The molecule has 1 amide bonds. The molecule has 1 fully saturated rings. The Balaban J connectivity index is 2.04. The summed E-state index contributed by atoms with van der Waals surface area (Å²) in [5, 5.41) is 12.4. The number of anilines is 2. The van der Waals surface area contributed by atoms with E-state index in [0.29, 0.717) is 17.8 Å². The van der Waals surface area contributed by atoms with Crippen molar-refractivity contribution < 1.29 is 9.90 Å². The lowest BCUT2D eigenvalue weighted by atomic mass is 10.1. The van der Waals surface area contributed by atoms with Gasteiger partial charge in [-0.25, -0.2) is 0 Å². The molecule has 0 heterocycles. The zero-order valence-corrected chi connectivity index (χ0v) is 9.57. The van der Waals surface area contributed by atoms with Gasteiger partial charge in [0, 0.05) is 17.5 Å². The minimum atomic E-state index is -0.489. The molecule has 5 heteroatoms. The monoisotopic (exact) mass is 235 g/mol. The molecular weight excluding hydrogens is 218 g/mol. The van der Waals surface area contributed by atoms with Crippen LogP contribution < -0.4 is 16.8 Å². The zero-order chi connectivity index (χ0) is 12.5. The maximum atomic E-state index is 11.0. The molecule has 0 atom stereocenters. The maximum Gasteiger partial charge on any atom is 0.248 e. The summed E-state index contributed by atoms with van der Waals surface area (Å²) >= 11 is 0. The number of aliphatic hydroxyl groups excluding tert-OH is 1. The Labute approximate surface area is 99.8 Å². The molecule has 0 aromatic heterocycles. The van der Waals surface area contributed by atoms with E-state index in [4.69, 9.17) is 11.5 Å². The average Bonchev–Trinajstić information content (AvgIpc) is 3.08. The molecule has 0 bridgehead atoms. The highest BCUT2D eigenvalue weighted by Gasteiger charge is 2.41. The van der Waals surface area contributed by atoms with Gasteiger partial charge >= 0.3 is 0 Å². The minimum Gasteiger partial charge on any atom is -0.397 e. The minimum absolute atomic E-state index is 0.0226. The third-order valence-electron chi connectivity index (χ3n) is 3.28. The second-order valence-corrected chi connectivity index (χ2v) is 4.68. The molecule has 1 aliphatic rings. The van der Waals surface area contributed by atoms with Crippen LogP contribution in [0.25, 0.3) is 0 Å². The third kappa shape index (κ3) is 2.50. The predicted molar refractivity (Wildman–Crippen MR) is 66.6 cm³/mol. The summed E-state index contributed by atoms with van der Waals surface area (Å²) in [4.78, 5) is 11.0. The van der Waals surface area contributed by atoms with Crippen LogP contribution in [0.1, 0.15) is 23.2 Å². The lowest BCUT2D eigenvalue weighted by molar-refractivity contribution is 0.100. The fourth-order valence-corrected chi connectivity index (χ4v) is 1.73. The standard InChI is InChI=1S/C12H17N3O2/c13-9-5-8(11(14)17)1-2-10(9)15-6-12(7-16)3-4-12/h1-2,5,15-16H,3-4,6-7,13H2,(H2,14,17). The van der Waals surface area contributed by atoms with E-state index in [-0.39, 0.29) is 12.0 Å². The van der Waals surface area contributed by atoms with Gasteiger partial charge in [0.15, 0.2) is 0 Å². The van der Waals surface area contributed by atoms with E-state index in [9.17, 15) is 9.90 Å². The number of primary amides is 1. The quantitative estimate of drug-likeness (QED) is 0.560. The van der Waals surface area contributed by atoms with Crippen molar-refractivity contribution in [2.24, 2.45) is 11.1 Å². The van der Waals surface area contributed by atoms with Crippen molar-refractivity contribution in [1.82, 2.24) is 0 Å². The lowest BCUT2D eigenvalue weighted by Crippen LogP contribution is -2.20. The normalized spacial score (nSPS) is 16.5. The first-order valence-corrected chi connectivity index (χ1v) is 5.60. The Morgan fingerprint density at radius 1 is 1.47 bits per heavy atom. The van der Waals surface area contributed by atoms with Gasteiger partial charge in [0.2, 0.25) is 5.91 Å². The summed E-state index contributed by atoms with van der Waals surface area (Å²) in [6.07, 6.45) is 2.07. The summed E-state index contributed by atoms with van der Waals surface area (Å²) in [6.45, 7) is 0.892. The fraction of sp³-hybridized carbons (Fsp3) is 0.417. The topological polar surface area (TPSA) is 101 Å². The van der Waals surface area contributed by atoms with E-state index in [0.717, 1.165) is 18.5 Å². The van der Waals surface area contributed by atoms with Crippen molar-refractivity contribution in [3.63, 3.8) is 0 Å². The van der Waals surface area contributed by atoms with Crippen LogP contribution in [0.3, 0.4) is 0 Å². The van der Waals surface area contributed by atoms with Gasteiger partial charge in [0.25, 0.3) is 0 Å². The largest absolute Gasteiger partial charge is 0.397 e. The van der Waals surface area contributed by atoms with Gasteiger partial charge in [0.05, 0.1) is 18.0 Å². The Kier molecular flexibility index (Phi) is 2.93. The first-order valence-electron chi connectivity index (χ1n) is 5.60. The predicted octanol–water partition coefficient (Wildman–Crippen LogP) is 0.552. The third-order valence-corrected chi connectivity index (χ3v) is 3.28. The molecule has 1 aliphatic carbocycles. The van der Waals surface area contributed by atoms with Crippen LogP contribution in [-0.4, -0.2) is 24.2 Å². The van der Waals surface area contributed by atoms with Crippen molar-refractivity contribution in [3.05, 3.63) is 23.8 Å². The van der Waals surface area contributed by atoms with Gasteiger partial charge in [-0.15, -0.1) is 0 Å². The molecule has 1 aromatic carbocycles. The molecule has 1 saturated carbocycles. The van der Waals surface area contributed by atoms with E-state index in [2.05, 4.69) is 5.32 Å². The van der Waals surface area contributed by atoms with Crippen LogP contribution in [0.5, 0.6) is 0 Å². The smallest absolute Gasteiger partial charge is 0.248 e. The van der Waals surface area contributed by atoms with Crippen molar-refractivity contribution in [1.29, 1.82) is 0 Å². The number of hydrogen-bond donors (Lipinski definition) is 4. The highest BCUT2D eigenvalue weighted by molar-refractivity contribution is 5.94. The lowest BCUT2D eigenvalue weighted by Gasteiger charge is -2.15. The van der Waals surface area contributed by atoms with E-state index >= 15 is 0 Å². The molecule has 17 heavy (non-hydrogen) atoms. The van der Waals surface area contributed by atoms with Crippen molar-refractivity contribution in [2.75, 3.05) is 24.2 Å². The Hall–Kier alpha value is -1.75. The van der Waals surface area contributed by atoms with Gasteiger partial charge in [-0.2, -0.15) is 0 Å². The number of aliphatic hydroxyl groups is 1. The SMILES string of the molecule is NC(=O)c1ccc(NCC2(CO)CC2)c(N)c1. The van der Waals surface area contributed by atoms with Crippen LogP contribution in [0.4, 0.5) is 11.4 Å². The summed E-state index contributed by atoms with van der Waals surface area (Å²) in [5.41, 5.74) is 12.7. The maximum absolute atomic E-state index is 11.0. The van der Waals surface area contributed by atoms with Gasteiger partial charge in [-0.05, 0) is 31.0 Å². The molecule has 5 nitrogen and oxygen atoms in total. The average molecular weight is 235 g/mol. The molecule has 0 saturated heterocycles. The number of rotatable bonds is 5. The number of nitrogens with two attached hydrogens (primary N) is 2. The Morgan fingerprint density at radius 2 is 2.18 bits per heavy atom. The molecule has 6 N–H and O–H groups in total. The van der Waals surface area contributed by atoms with Gasteiger partial charge in [0.1, 0.15) is 0 Å². The van der Waals surface area contributed by atoms with Gasteiger partial charge < -0.3 is 21.9 Å². The number of carbonyl (C=O) groups is 1. The van der Waals surface area contributed by atoms with E-state index in [1.165, 1.54) is 0 Å². The molecular formula is C12H17N3O2. The Bertz CT molecular complexity index is 441. The number of nitrogens with one attached hydrogen (secondary N) is 1. The Morgan fingerprint density at radius 3 is 2.65 bits per heavy atom. The number of nitrogen functional groups attached to an aromatic ring is 1. The molecule has 92 valence electrons. The van der Waals surface area contributed by atoms with Gasteiger partial charge in [-0.1, -0.05) is 0 Å². The molecule has 0 aliphatic heterocycles. The van der Waals surface area contributed by atoms with Crippen molar-refractivity contribution in [3.8, 4) is 0 Å².